The molecule has 1 aliphatic heterocycles. The minimum absolute atomic E-state index is 0.506. The van der Waals surface area contributed by atoms with Crippen LogP contribution in [0.1, 0.15) is 16.7 Å². The molecule has 1 heterocycles. The van der Waals surface area contributed by atoms with Crippen LogP contribution in [0.2, 0.25) is 0 Å². The maximum atomic E-state index is 11.9. The van der Waals surface area contributed by atoms with Gasteiger partial charge in [0.05, 0.1) is 6.61 Å². The van der Waals surface area contributed by atoms with Crippen molar-refractivity contribution in [3.63, 3.8) is 0 Å². The van der Waals surface area contributed by atoms with Crippen LogP contribution >= 0.6 is 7.37 Å². The van der Waals surface area contributed by atoms with Crippen molar-refractivity contribution in [2.24, 2.45) is 0 Å². The lowest BCUT2D eigenvalue weighted by atomic mass is 10.1. The maximum Gasteiger partial charge on any atom is 0.230 e. The van der Waals surface area contributed by atoms with E-state index in [1.165, 1.54) is 5.56 Å². The molecule has 0 aromatic heterocycles. The average molecular weight is 196 g/mol. The number of fused-ring (bicyclic) bond motifs is 1. The summed E-state index contributed by atoms with van der Waals surface area (Å²) in [5.41, 5.74) is 3.41. The van der Waals surface area contributed by atoms with Crippen LogP contribution < -0.4 is 5.30 Å². The van der Waals surface area contributed by atoms with Gasteiger partial charge in [0.2, 0.25) is 7.37 Å². The van der Waals surface area contributed by atoms with E-state index >= 15 is 0 Å². The smallest absolute Gasteiger partial charge is 0.230 e. The van der Waals surface area contributed by atoms with E-state index in [4.69, 9.17) is 4.52 Å². The minimum Gasteiger partial charge on any atom is -0.321 e. The highest BCUT2D eigenvalue weighted by Crippen LogP contribution is 2.49. The summed E-state index contributed by atoms with van der Waals surface area (Å²) in [6.45, 7) is 6.25. The van der Waals surface area contributed by atoms with Crippen molar-refractivity contribution in [1.29, 1.82) is 0 Å². The van der Waals surface area contributed by atoms with E-state index in [1.54, 1.807) is 6.66 Å². The van der Waals surface area contributed by atoms with Gasteiger partial charge in [-0.3, -0.25) is 4.57 Å². The molecule has 1 unspecified atom stereocenters. The lowest BCUT2D eigenvalue weighted by molar-refractivity contribution is 0.327. The molecule has 2 rings (SSSR count). The summed E-state index contributed by atoms with van der Waals surface area (Å²) < 4.78 is 17.2. The molecule has 2 nitrogen and oxygen atoms in total. The van der Waals surface area contributed by atoms with E-state index in [0.29, 0.717) is 6.61 Å². The Morgan fingerprint density at radius 2 is 2.08 bits per heavy atom. The first kappa shape index (κ1) is 8.98. The molecule has 1 aromatic carbocycles. The molecule has 0 radical (unpaired) electrons. The predicted molar refractivity (Wildman–Crippen MR) is 53.9 cm³/mol. The molecule has 0 saturated heterocycles. The fourth-order valence-electron chi connectivity index (χ4n) is 2.00. The summed E-state index contributed by atoms with van der Waals surface area (Å²) >= 11 is 0. The van der Waals surface area contributed by atoms with Gasteiger partial charge in [0.25, 0.3) is 0 Å². The lowest BCUT2D eigenvalue weighted by Crippen LogP contribution is -2.07. The highest BCUT2D eigenvalue weighted by atomic mass is 31.2. The molecule has 0 bridgehead atoms. The van der Waals surface area contributed by atoms with Crippen LogP contribution in [0, 0.1) is 13.8 Å². The monoisotopic (exact) mass is 196 g/mol. The summed E-state index contributed by atoms with van der Waals surface area (Å²) in [4.78, 5) is 0. The Kier molecular flexibility index (Phi) is 1.86. The van der Waals surface area contributed by atoms with Crippen molar-refractivity contribution in [2.75, 3.05) is 6.66 Å². The molecular weight excluding hydrogens is 183 g/mol. The Morgan fingerprint density at radius 1 is 1.38 bits per heavy atom. The van der Waals surface area contributed by atoms with Crippen LogP contribution in [0.15, 0.2) is 12.1 Å². The van der Waals surface area contributed by atoms with Gasteiger partial charge in [0.1, 0.15) is 0 Å². The fraction of sp³-hybridized carbons (Fsp3) is 0.400. The van der Waals surface area contributed by atoms with E-state index in [-0.39, 0.29) is 0 Å². The number of hydrogen-bond donors (Lipinski definition) is 0. The number of aryl methyl sites for hydroxylation is 2. The third-order valence-corrected chi connectivity index (χ3v) is 4.47. The number of rotatable bonds is 0. The zero-order chi connectivity index (χ0) is 9.64. The first-order valence-corrected chi connectivity index (χ1v) is 6.40. The van der Waals surface area contributed by atoms with Crippen molar-refractivity contribution < 1.29 is 9.09 Å². The van der Waals surface area contributed by atoms with E-state index < -0.39 is 7.37 Å². The second kappa shape index (κ2) is 2.70. The molecule has 0 spiro atoms. The molecule has 0 saturated carbocycles. The van der Waals surface area contributed by atoms with Crippen LogP contribution in [-0.4, -0.2) is 6.66 Å². The Bertz CT molecular complexity index is 410. The van der Waals surface area contributed by atoms with Crippen LogP contribution in [-0.2, 0) is 15.7 Å². The van der Waals surface area contributed by atoms with Gasteiger partial charge in [-0.1, -0.05) is 17.7 Å². The molecule has 13 heavy (non-hydrogen) atoms. The Labute approximate surface area is 78.4 Å². The first-order chi connectivity index (χ1) is 6.00. The van der Waals surface area contributed by atoms with Crippen LogP contribution in [0.3, 0.4) is 0 Å². The predicted octanol–water partition coefficient (Wildman–Crippen LogP) is 2.37. The van der Waals surface area contributed by atoms with Gasteiger partial charge in [0.15, 0.2) is 0 Å². The number of benzene rings is 1. The van der Waals surface area contributed by atoms with Crippen LogP contribution in [0.25, 0.3) is 0 Å². The first-order valence-electron chi connectivity index (χ1n) is 4.33. The van der Waals surface area contributed by atoms with E-state index in [9.17, 15) is 4.57 Å². The largest absolute Gasteiger partial charge is 0.321 e. The third kappa shape index (κ3) is 1.34. The van der Waals surface area contributed by atoms with Crippen molar-refractivity contribution in [3.8, 4) is 0 Å². The van der Waals surface area contributed by atoms with E-state index in [1.807, 2.05) is 13.8 Å². The van der Waals surface area contributed by atoms with Gasteiger partial charge in [0, 0.05) is 12.0 Å². The molecule has 1 atom stereocenters. The fourth-order valence-corrected chi connectivity index (χ4v) is 3.87. The second-order valence-corrected chi connectivity index (χ2v) is 6.11. The highest BCUT2D eigenvalue weighted by Gasteiger charge is 2.31. The third-order valence-electron chi connectivity index (χ3n) is 2.40. The van der Waals surface area contributed by atoms with E-state index in [0.717, 1.165) is 16.4 Å². The zero-order valence-corrected chi connectivity index (χ0v) is 9.02. The van der Waals surface area contributed by atoms with Gasteiger partial charge in [-0.15, -0.1) is 0 Å². The SMILES string of the molecule is Cc1cc(C)c2c(c1)COP2(C)=O. The van der Waals surface area contributed by atoms with Crippen molar-refractivity contribution in [1.82, 2.24) is 0 Å². The standard InChI is InChI=1S/C10H13O2P/c1-7-4-8(2)10-9(5-7)6-12-13(10,3)11/h4-5H,6H2,1-3H3. The van der Waals surface area contributed by atoms with Gasteiger partial charge in [-0.2, -0.15) is 0 Å². The summed E-state index contributed by atoms with van der Waals surface area (Å²) in [5.74, 6) is 0. The van der Waals surface area contributed by atoms with Gasteiger partial charge in [-0.05, 0) is 25.0 Å². The van der Waals surface area contributed by atoms with Crippen LogP contribution in [0.4, 0.5) is 0 Å². The van der Waals surface area contributed by atoms with Crippen molar-refractivity contribution in [3.05, 3.63) is 28.8 Å². The Hall–Kier alpha value is -0.590. The number of hydrogen-bond acceptors (Lipinski definition) is 2. The lowest BCUT2D eigenvalue weighted by Gasteiger charge is -2.08. The Morgan fingerprint density at radius 3 is 2.77 bits per heavy atom. The topological polar surface area (TPSA) is 26.3 Å². The minimum atomic E-state index is -2.49. The maximum absolute atomic E-state index is 11.9. The van der Waals surface area contributed by atoms with Gasteiger partial charge in [-0.25, -0.2) is 0 Å². The quantitative estimate of drug-likeness (QED) is 0.595. The normalized spacial score (nSPS) is 26.1. The second-order valence-electron chi connectivity index (χ2n) is 3.71. The van der Waals surface area contributed by atoms with E-state index in [2.05, 4.69) is 12.1 Å². The summed E-state index contributed by atoms with van der Waals surface area (Å²) in [5, 5.41) is 0.943. The molecule has 1 aromatic rings. The van der Waals surface area contributed by atoms with Gasteiger partial charge >= 0.3 is 0 Å². The molecule has 0 aliphatic carbocycles. The van der Waals surface area contributed by atoms with Crippen molar-refractivity contribution in [2.45, 2.75) is 20.5 Å². The molecule has 1 aliphatic rings. The van der Waals surface area contributed by atoms with Crippen molar-refractivity contribution >= 4 is 12.7 Å². The Balaban J connectivity index is 2.72. The van der Waals surface area contributed by atoms with Gasteiger partial charge < -0.3 is 4.52 Å². The average Bonchev–Trinajstić information content (AvgIpc) is 2.26. The van der Waals surface area contributed by atoms with Crippen LogP contribution in [0.5, 0.6) is 0 Å². The molecule has 0 N–H and O–H groups in total. The summed E-state index contributed by atoms with van der Waals surface area (Å²) in [7, 11) is -2.49. The summed E-state index contributed by atoms with van der Waals surface area (Å²) in [6.07, 6.45) is 0. The molecule has 70 valence electrons. The molecule has 0 amide bonds. The molecule has 3 heteroatoms. The molecule has 0 fully saturated rings. The highest BCUT2D eigenvalue weighted by molar-refractivity contribution is 7.66. The molecular formula is C10H13O2P. The summed E-state index contributed by atoms with van der Waals surface area (Å²) in [6, 6.07) is 4.12. The zero-order valence-electron chi connectivity index (χ0n) is 8.13.